The monoisotopic (exact) mass is 373 g/mol. The van der Waals surface area contributed by atoms with Crippen molar-refractivity contribution in [2.75, 3.05) is 40.4 Å². The van der Waals surface area contributed by atoms with Crippen molar-refractivity contribution >= 4 is 11.6 Å². The van der Waals surface area contributed by atoms with Crippen LogP contribution in [0.25, 0.3) is 0 Å². The molecule has 27 heavy (non-hydrogen) atoms. The normalized spacial score (nSPS) is 9.93. The van der Waals surface area contributed by atoms with E-state index in [-0.39, 0.29) is 5.91 Å². The van der Waals surface area contributed by atoms with Gasteiger partial charge in [-0.05, 0) is 18.2 Å². The van der Waals surface area contributed by atoms with E-state index in [4.69, 9.17) is 23.7 Å². The molecule has 0 aliphatic heterocycles. The summed E-state index contributed by atoms with van der Waals surface area (Å²) in [6.07, 6.45) is 1.63. The maximum Gasteiger partial charge on any atom is 0.255 e. The summed E-state index contributed by atoms with van der Waals surface area (Å²) >= 11 is 0. The highest BCUT2D eigenvalue weighted by Gasteiger charge is 2.16. The van der Waals surface area contributed by atoms with Crippen LogP contribution in [0.5, 0.6) is 28.7 Å². The predicted molar refractivity (Wildman–Crippen MR) is 103 cm³/mol. The molecule has 7 heteroatoms. The van der Waals surface area contributed by atoms with E-state index in [0.717, 1.165) is 0 Å². The van der Waals surface area contributed by atoms with Crippen molar-refractivity contribution in [1.29, 1.82) is 0 Å². The lowest BCUT2D eigenvalue weighted by Crippen LogP contribution is -2.12. The van der Waals surface area contributed by atoms with Gasteiger partial charge in [-0.1, -0.05) is 12.7 Å². The molecule has 0 heterocycles. The largest absolute Gasteiger partial charge is 0.493 e. The third kappa shape index (κ3) is 4.63. The van der Waals surface area contributed by atoms with Crippen LogP contribution >= 0.6 is 0 Å². The number of ether oxygens (including phenoxy) is 5. The molecule has 0 bridgehead atoms. The molecule has 0 unspecified atom stereocenters. The first-order valence-electron chi connectivity index (χ1n) is 8.11. The van der Waals surface area contributed by atoms with Crippen LogP contribution in [0, 0.1) is 0 Å². The number of benzene rings is 2. The molecule has 0 radical (unpaired) electrons. The smallest absolute Gasteiger partial charge is 0.255 e. The van der Waals surface area contributed by atoms with Crippen LogP contribution < -0.4 is 29.0 Å². The summed E-state index contributed by atoms with van der Waals surface area (Å²) < 4.78 is 26.7. The molecule has 7 nitrogen and oxygen atoms in total. The zero-order valence-corrected chi connectivity index (χ0v) is 15.8. The highest BCUT2D eigenvalue weighted by Crippen LogP contribution is 2.40. The van der Waals surface area contributed by atoms with E-state index >= 15 is 0 Å². The summed E-state index contributed by atoms with van der Waals surface area (Å²) in [5.41, 5.74) is 0.909. The predicted octanol–water partition coefficient (Wildman–Crippen LogP) is 3.54. The SMILES string of the molecule is C=CCOc1ccc(C(=O)Nc2cc(OC)c(OC)c(OC)c2)cc1OC. The number of rotatable bonds is 9. The number of anilines is 1. The molecular weight excluding hydrogens is 350 g/mol. The van der Waals surface area contributed by atoms with Crippen LogP contribution in [-0.4, -0.2) is 41.0 Å². The third-order valence-electron chi connectivity index (χ3n) is 3.71. The maximum absolute atomic E-state index is 12.6. The average molecular weight is 373 g/mol. The van der Waals surface area contributed by atoms with Gasteiger partial charge in [0.25, 0.3) is 5.91 Å². The fourth-order valence-corrected chi connectivity index (χ4v) is 2.43. The molecule has 0 saturated carbocycles. The van der Waals surface area contributed by atoms with E-state index in [9.17, 15) is 4.79 Å². The standard InChI is InChI=1S/C20H23NO6/c1-6-9-27-15-8-7-13(10-16(15)23-2)20(22)21-14-11-17(24-3)19(26-5)18(12-14)25-4/h6-8,10-12H,1,9H2,2-5H3,(H,21,22). The van der Waals surface area contributed by atoms with Crippen LogP contribution in [0.4, 0.5) is 5.69 Å². The molecule has 1 amide bonds. The van der Waals surface area contributed by atoms with E-state index in [1.165, 1.54) is 28.4 Å². The molecule has 144 valence electrons. The van der Waals surface area contributed by atoms with E-state index < -0.39 is 0 Å². The molecule has 0 aliphatic rings. The fourth-order valence-electron chi connectivity index (χ4n) is 2.43. The second-order valence-electron chi connectivity index (χ2n) is 5.33. The molecule has 0 atom stereocenters. The molecule has 0 fully saturated rings. The van der Waals surface area contributed by atoms with Crippen molar-refractivity contribution in [2.45, 2.75) is 0 Å². The Bertz CT molecular complexity index is 793. The van der Waals surface area contributed by atoms with Crippen LogP contribution in [0.3, 0.4) is 0 Å². The Kier molecular flexibility index (Phi) is 6.93. The van der Waals surface area contributed by atoms with Crippen LogP contribution in [0.15, 0.2) is 43.0 Å². The van der Waals surface area contributed by atoms with E-state index in [1.54, 1.807) is 36.4 Å². The molecular formula is C20H23NO6. The lowest BCUT2D eigenvalue weighted by Gasteiger charge is -2.15. The summed E-state index contributed by atoms with van der Waals surface area (Å²) in [7, 11) is 6.04. The van der Waals surface area contributed by atoms with Gasteiger partial charge >= 0.3 is 0 Å². The minimum absolute atomic E-state index is 0.321. The molecule has 2 rings (SSSR count). The van der Waals surface area contributed by atoms with Gasteiger partial charge in [-0.25, -0.2) is 0 Å². The average Bonchev–Trinajstić information content (AvgIpc) is 2.71. The van der Waals surface area contributed by atoms with Gasteiger partial charge in [-0.3, -0.25) is 4.79 Å². The van der Waals surface area contributed by atoms with Crippen molar-refractivity contribution in [1.82, 2.24) is 0 Å². The first kappa shape index (κ1) is 20.0. The van der Waals surface area contributed by atoms with Crippen molar-refractivity contribution < 1.29 is 28.5 Å². The highest BCUT2D eigenvalue weighted by atomic mass is 16.5. The Hall–Kier alpha value is -3.35. The van der Waals surface area contributed by atoms with Gasteiger partial charge in [0.15, 0.2) is 23.0 Å². The first-order chi connectivity index (χ1) is 13.1. The molecule has 0 aromatic heterocycles. The first-order valence-corrected chi connectivity index (χ1v) is 8.11. The van der Waals surface area contributed by atoms with Crippen LogP contribution in [0.2, 0.25) is 0 Å². The van der Waals surface area contributed by atoms with Gasteiger partial charge in [0.1, 0.15) is 6.61 Å². The lowest BCUT2D eigenvalue weighted by molar-refractivity contribution is 0.102. The molecule has 0 aliphatic carbocycles. The molecule has 1 N–H and O–H groups in total. The maximum atomic E-state index is 12.6. The molecule has 2 aromatic carbocycles. The van der Waals surface area contributed by atoms with Crippen molar-refractivity contribution in [3.8, 4) is 28.7 Å². The minimum atomic E-state index is -0.321. The third-order valence-corrected chi connectivity index (χ3v) is 3.71. The number of hydrogen-bond acceptors (Lipinski definition) is 6. The summed E-state index contributed by atoms with van der Waals surface area (Å²) in [4.78, 5) is 12.6. The van der Waals surface area contributed by atoms with Gasteiger partial charge in [0, 0.05) is 23.4 Å². The lowest BCUT2D eigenvalue weighted by atomic mass is 10.1. The van der Waals surface area contributed by atoms with E-state index in [0.29, 0.717) is 46.6 Å². The highest BCUT2D eigenvalue weighted by molar-refractivity contribution is 6.05. The summed E-state index contributed by atoms with van der Waals surface area (Å²) in [5.74, 6) is 1.99. The molecule has 2 aromatic rings. The summed E-state index contributed by atoms with van der Waals surface area (Å²) in [6.45, 7) is 3.95. The zero-order chi connectivity index (χ0) is 19.8. The number of carbonyl (C=O) groups is 1. The fraction of sp³-hybridized carbons (Fsp3) is 0.250. The Balaban J connectivity index is 2.27. The molecule has 0 saturated heterocycles. The number of nitrogens with one attached hydrogen (secondary N) is 1. The zero-order valence-electron chi connectivity index (χ0n) is 15.8. The second-order valence-corrected chi connectivity index (χ2v) is 5.33. The summed E-state index contributed by atoms with van der Waals surface area (Å²) in [5, 5.41) is 2.81. The Morgan fingerprint density at radius 2 is 1.56 bits per heavy atom. The number of hydrogen-bond donors (Lipinski definition) is 1. The molecule has 0 spiro atoms. The Morgan fingerprint density at radius 3 is 2.07 bits per heavy atom. The van der Waals surface area contributed by atoms with E-state index in [1.807, 2.05) is 0 Å². The van der Waals surface area contributed by atoms with Crippen molar-refractivity contribution in [2.24, 2.45) is 0 Å². The topological polar surface area (TPSA) is 75.3 Å². The number of carbonyl (C=O) groups excluding carboxylic acids is 1. The van der Waals surface area contributed by atoms with Gasteiger partial charge in [0.2, 0.25) is 5.75 Å². The number of amides is 1. The number of methoxy groups -OCH3 is 4. The summed E-state index contributed by atoms with van der Waals surface area (Å²) in [6, 6.07) is 8.22. The van der Waals surface area contributed by atoms with Crippen LogP contribution in [0.1, 0.15) is 10.4 Å². The van der Waals surface area contributed by atoms with Gasteiger partial charge < -0.3 is 29.0 Å². The van der Waals surface area contributed by atoms with Gasteiger partial charge in [-0.2, -0.15) is 0 Å². The quantitative estimate of drug-likeness (QED) is 0.678. The second kappa shape index (κ2) is 9.38. The Morgan fingerprint density at radius 1 is 0.926 bits per heavy atom. The van der Waals surface area contributed by atoms with Gasteiger partial charge in [0.05, 0.1) is 28.4 Å². The van der Waals surface area contributed by atoms with Crippen LogP contribution in [-0.2, 0) is 0 Å². The minimum Gasteiger partial charge on any atom is -0.493 e. The van der Waals surface area contributed by atoms with E-state index in [2.05, 4.69) is 11.9 Å². The van der Waals surface area contributed by atoms with Gasteiger partial charge in [-0.15, -0.1) is 0 Å². The van der Waals surface area contributed by atoms with Crippen molar-refractivity contribution in [3.63, 3.8) is 0 Å². The Labute approximate surface area is 158 Å². The van der Waals surface area contributed by atoms with Crippen molar-refractivity contribution in [3.05, 3.63) is 48.6 Å².